The molecular weight excluding hydrogens is 313 g/mol. The number of hydrogen-bond donors (Lipinski definition) is 0. The van der Waals surface area contributed by atoms with Gasteiger partial charge in [0.05, 0.1) is 24.8 Å². The van der Waals surface area contributed by atoms with E-state index in [4.69, 9.17) is 4.74 Å². The molecule has 1 atom stereocenters. The highest BCUT2D eigenvalue weighted by molar-refractivity contribution is 6.00. The number of nitrogens with zero attached hydrogens (tertiary/aromatic N) is 2. The molecular formula is C15H15F3N2O3. The molecule has 1 aromatic carbocycles. The maximum atomic E-state index is 13.8. The highest BCUT2D eigenvalue weighted by atomic mass is 19.2. The van der Waals surface area contributed by atoms with Crippen molar-refractivity contribution in [1.82, 2.24) is 4.90 Å². The van der Waals surface area contributed by atoms with E-state index in [2.05, 4.69) is 0 Å². The molecule has 2 aliphatic heterocycles. The number of hydrogen-bond acceptors (Lipinski definition) is 3. The van der Waals surface area contributed by atoms with Crippen molar-refractivity contribution < 1.29 is 27.5 Å². The van der Waals surface area contributed by atoms with Gasteiger partial charge in [0.15, 0.2) is 17.5 Å². The van der Waals surface area contributed by atoms with Gasteiger partial charge in [-0.25, -0.2) is 13.2 Å². The Morgan fingerprint density at radius 1 is 1.13 bits per heavy atom. The number of halogens is 3. The van der Waals surface area contributed by atoms with Gasteiger partial charge in [-0.2, -0.15) is 0 Å². The van der Waals surface area contributed by atoms with Crippen molar-refractivity contribution in [3.8, 4) is 0 Å². The third-order valence-electron chi connectivity index (χ3n) is 4.10. The van der Waals surface area contributed by atoms with Crippen LogP contribution in [0.5, 0.6) is 0 Å². The van der Waals surface area contributed by atoms with Crippen LogP contribution in [0.15, 0.2) is 12.1 Å². The smallest absolute Gasteiger partial charge is 0.228 e. The molecule has 23 heavy (non-hydrogen) atoms. The van der Waals surface area contributed by atoms with Crippen molar-refractivity contribution in [2.24, 2.45) is 5.92 Å². The number of carbonyl (C=O) groups excluding carboxylic acids is 2. The summed E-state index contributed by atoms with van der Waals surface area (Å²) in [7, 11) is 0. The molecule has 1 aromatic rings. The average molecular weight is 328 g/mol. The summed E-state index contributed by atoms with van der Waals surface area (Å²) >= 11 is 0. The molecule has 2 saturated heterocycles. The zero-order valence-corrected chi connectivity index (χ0v) is 12.2. The first-order chi connectivity index (χ1) is 11.0. The van der Waals surface area contributed by atoms with Crippen LogP contribution in [-0.2, 0) is 14.3 Å². The molecule has 0 bridgehead atoms. The standard InChI is InChI=1S/C15H15F3N2O3/c16-10-1-2-11(14(18)13(10)17)20-8-9(7-12(20)21)15(22)19-3-5-23-6-4-19/h1-2,9H,3-8H2. The lowest BCUT2D eigenvalue weighted by atomic mass is 10.1. The van der Waals surface area contributed by atoms with Gasteiger partial charge in [-0.3, -0.25) is 9.59 Å². The molecule has 0 spiro atoms. The highest BCUT2D eigenvalue weighted by Gasteiger charge is 2.39. The van der Waals surface area contributed by atoms with Gasteiger partial charge < -0.3 is 14.5 Å². The Hall–Kier alpha value is -2.09. The normalized spacial score (nSPS) is 21.9. The maximum Gasteiger partial charge on any atom is 0.228 e. The number of ether oxygens (including phenoxy) is 1. The number of benzene rings is 1. The third-order valence-corrected chi connectivity index (χ3v) is 4.10. The number of morpholine rings is 1. The minimum atomic E-state index is -1.63. The predicted octanol–water partition coefficient (Wildman–Crippen LogP) is 1.32. The van der Waals surface area contributed by atoms with Crippen molar-refractivity contribution in [3.05, 3.63) is 29.6 Å². The van der Waals surface area contributed by atoms with Gasteiger partial charge >= 0.3 is 0 Å². The van der Waals surface area contributed by atoms with Crippen LogP contribution in [0.25, 0.3) is 0 Å². The second-order valence-corrected chi connectivity index (χ2v) is 5.54. The van der Waals surface area contributed by atoms with Crippen molar-refractivity contribution in [2.45, 2.75) is 6.42 Å². The van der Waals surface area contributed by atoms with E-state index < -0.39 is 29.3 Å². The number of carbonyl (C=O) groups is 2. The van der Waals surface area contributed by atoms with E-state index in [0.717, 1.165) is 17.0 Å². The Morgan fingerprint density at radius 3 is 2.52 bits per heavy atom. The van der Waals surface area contributed by atoms with E-state index in [1.165, 1.54) is 0 Å². The van der Waals surface area contributed by atoms with E-state index >= 15 is 0 Å². The van der Waals surface area contributed by atoms with Crippen molar-refractivity contribution in [1.29, 1.82) is 0 Å². The molecule has 8 heteroatoms. The molecule has 1 unspecified atom stereocenters. The Kier molecular flexibility index (Phi) is 4.25. The summed E-state index contributed by atoms with van der Waals surface area (Å²) in [5.41, 5.74) is -0.342. The first-order valence-corrected chi connectivity index (χ1v) is 7.29. The summed E-state index contributed by atoms with van der Waals surface area (Å²) in [5, 5.41) is 0. The van der Waals surface area contributed by atoms with Crippen LogP contribution >= 0.6 is 0 Å². The Bertz CT molecular complexity index is 647. The van der Waals surface area contributed by atoms with Crippen molar-refractivity contribution in [3.63, 3.8) is 0 Å². The van der Waals surface area contributed by atoms with E-state index in [-0.39, 0.29) is 24.6 Å². The van der Waals surface area contributed by atoms with Crippen LogP contribution in [0.2, 0.25) is 0 Å². The Morgan fingerprint density at radius 2 is 1.83 bits per heavy atom. The molecule has 2 fully saturated rings. The van der Waals surface area contributed by atoms with Crippen LogP contribution in [0.4, 0.5) is 18.9 Å². The van der Waals surface area contributed by atoms with Gasteiger partial charge in [-0.15, -0.1) is 0 Å². The zero-order chi connectivity index (χ0) is 16.6. The summed E-state index contributed by atoms with van der Waals surface area (Å²) in [6, 6.07) is 1.77. The van der Waals surface area contributed by atoms with Gasteiger partial charge in [-0.1, -0.05) is 0 Å². The number of anilines is 1. The zero-order valence-electron chi connectivity index (χ0n) is 12.2. The molecule has 2 amide bonds. The lowest BCUT2D eigenvalue weighted by molar-refractivity contribution is -0.139. The monoisotopic (exact) mass is 328 g/mol. The average Bonchev–Trinajstić information content (AvgIpc) is 2.94. The molecule has 2 aliphatic rings. The predicted molar refractivity (Wildman–Crippen MR) is 74.2 cm³/mol. The first kappa shape index (κ1) is 15.8. The summed E-state index contributed by atoms with van der Waals surface area (Å²) in [5.74, 6) is -5.67. The maximum absolute atomic E-state index is 13.8. The number of rotatable bonds is 2. The second-order valence-electron chi connectivity index (χ2n) is 5.54. The molecule has 0 saturated carbocycles. The fourth-order valence-electron chi connectivity index (χ4n) is 2.87. The van der Waals surface area contributed by atoms with E-state index in [1.807, 2.05) is 0 Å². The van der Waals surface area contributed by atoms with Gasteiger partial charge in [0.2, 0.25) is 11.8 Å². The molecule has 2 heterocycles. The molecule has 0 aliphatic carbocycles. The molecule has 0 radical (unpaired) electrons. The van der Waals surface area contributed by atoms with Crippen LogP contribution in [0.3, 0.4) is 0 Å². The minimum Gasteiger partial charge on any atom is -0.378 e. The minimum absolute atomic E-state index is 0.0446. The lowest BCUT2D eigenvalue weighted by Gasteiger charge is -2.29. The fourth-order valence-corrected chi connectivity index (χ4v) is 2.87. The van der Waals surface area contributed by atoms with Crippen LogP contribution in [-0.4, -0.2) is 49.6 Å². The SMILES string of the molecule is O=C(C1CC(=O)N(c2ccc(F)c(F)c2F)C1)N1CCOCC1. The van der Waals surface area contributed by atoms with E-state index in [9.17, 15) is 22.8 Å². The summed E-state index contributed by atoms with van der Waals surface area (Å²) in [6.07, 6.45) is -0.0748. The van der Waals surface area contributed by atoms with Crippen molar-refractivity contribution >= 4 is 17.5 Å². The number of amides is 2. The quantitative estimate of drug-likeness (QED) is 0.770. The summed E-state index contributed by atoms with van der Waals surface area (Å²) in [6.45, 7) is 1.73. The Labute approximate surface area is 130 Å². The third kappa shape index (κ3) is 2.90. The van der Waals surface area contributed by atoms with Gasteiger partial charge in [0.1, 0.15) is 0 Å². The fraction of sp³-hybridized carbons (Fsp3) is 0.467. The topological polar surface area (TPSA) is 49.9 Å². The second kappa shape index (κ2) is 6.19. The van der Waals surface area contributed by atoms with Crippen LogP contribution in [0, 0.1) is 23.4 Å². The summed E-state index contributed by atoms with van der Waals surface area (Å²) in [4.78, 5) is 27.1. The molecule has 0 aromatic heterocycles. The first-order valence-electron chi connectivity index (χ1n) is 7.29. The molecule has 0 N–H and O–H groups in total. The Balaban J connectivity index is 1.77. The van der Waals surface area contributed by atoms with Crippen molar-refractivity contribution in [2.75, 3.05) is 37.7 Å². The van der Waals surface area contributed by atoms with Crippen LogP contribution in [0.1, 0.15) is 6.42 Å². The lowest BCUT2D eigenvalue weighted by Crippen LogP contribution is -2.44. The largest absolute Gasteiger partial charge is 0.378 e. The van der Waals surface area contributed by atoms with E-state index in [1.54, 1.807) is 4.90 Å². The van der Waals surface area contributed by atoms with Gasteiger partial charge in [-0.05, 0) is 12.1 Å². The highest BCUT2D eigenvalue weighted by Crippen LogP contribution is 2.30. The molecule has 5 nitrogen and oxygen atoms in total. The molecule has 124 valence electrons. The van der Waals surface area contributed by atoms with Crippen LogP contribution < -0.4 is 4.90 Å². The summed E-state index contributed by atoms with van der Waals surface area (Å²) < 4.78 is 45.4. The van der Waals surface area contributed by atoms with Gasteiger partial charge in [0, 0.05) is 26.1 Å². The van der Waals surface area contributed by atoms with E-state index in [0.29, 0.717) is 26.3 Å². The van der Waals surface area contributed by atoms with Gasteiger partial charge in [0.25, 0.3) is 0 Å². The molecule has 3 rings (SSSR count).